The summed E-state index contributed by atoms with van der Waals surface area (Å²) in [7, 11) is 0. The average molecular weight is 313 g/mol. The third-order valence-electron chi connectivity index (χ3n) is 4.22. The van der Waals surface area contributed by atoms with Crippen molar-refractivity contribution in [2.75, 3.05) is 13.2 Å². The third-order valence-corrected chi connectivity index (χ3v) is 4.22. The standard InChI is InChI=1S/C16H18F3NO2/c17-16(18,19)12-3-1-11(2-4-12)15(21)20(13-5-6-13)14-7-9-22-10-8-14/h1-4,13-14H,5-10H2. The fraction of sp³-hybridized carbons (Fsp3) is 0.562. The van der Waals surface area contributed by atoms with Gasteiger partial charge >= 0.3 is 6.18 Å². The van der Waals surface area contributed by atoms with E-state index in [1.54, 1.807) is 0 Å². The molecule has 1 aromatic rings. The summed E-state index contributed by atoms with van der Waals surface area (Å²) >= 11 is 0. The zero-order valence-corrected chi connectivity index (χ0v) is 12.1. The third kappa shape index (κ3) is 3.27. The number of rotatable bonds is 3. The zero-order valence-electron chi connectivity index (χ0n) is 12.1. The number of carbonyl (C=O) groups is 1. The molecule has 6 heteroatoms. The second kappa shape index (κ2) is 5.91. The first-order chi connectivity index (χ1) is 10.5. The molecule has 0 unspecified atom stereocenters. The van der Waals surface area contributed by atoms with Crippen molar-refractivity contribution in [2.45, 2.75) is 43.9 Å². The Balaban J connectivity index is 1.78. The highest BCUT2D eigenvalue weighted by Gasteiger charge is 2.38. The summed E-state index contributed by atoms with van der Waals surface area (Å²) in [6.45, 7) is 1.27. The first-order valence-corrected chi connectivity index (χ1v) is 7.54. The van der Waals surface area contributed by atoms with Crippen LogP contribution in [0, 0.1) is 0 Å². The number of benzene rings is 1. The lowest BCUT2D eigenvalue weighted by atomic mass is 10.0. The van der Waals surface area contributed by atoms with E-state index in [9.17, 15) is 18.0 Å². The Morgan fingerprint density at radius 1 is 1.00 bits per heavy atom. The molecule has 3 rings (SSSR count). The van der Waals surface area contributed by atoms with Gasteiger partial charge in [0, 0.05) is 30.9 Å². The summed E-state index contributed by atoms with van der Waals surface area (Å²) in [6.07, 6.45) is -0.836. The Bertz CT molecular complexity index is 531. The molecule has 1 amide bonds. The van der Waals surface area contributed by atoms with Gasteiger partial charge in [-0.05, 0) is 49.9 Å². The maximum atomic E-state index is 12.7. The van der Waals surface area contributed by atoms with Crippen molar-refractivity contribution in [1.82, 2.24) is 4.90 Å². The maximum Gasteiger partial charge on any atom is 0.416 e. The van der Waals surface area contributed by atoms with Crippen LogP contribution in [0.1, 0.15) is 41.6 Å². The van der Waals surface area contributed by atoms with Crippen LogP contribution in [0.15, 0.2) is 24.3 Å². The van der Waals surface area contributed by atoms with Crippen LogP contribution in [0.5, 0.6) is 0 Å². The number of amides is 1. The van der Waals surface area contributed by atoms with Gasteiger partial charge in [-0.15, -0.1) is 0 Å². The van der Waals surface area contributed by atoms with E-state index in [0.717, 1.165) is 37.8 Å². The van der Waals surface area contributed by atoms with Gasteiger partial charge in [0.1, 0.15) is 0 Å². The van der Waals surface area contributed by atoms with Gasteiger partial charge in [0.2, 0.25) is 0 Å². The van der Waals surface area contributed by atoms with E-state index < -0.39 is 11.7 Å². The number of halogens is 3. The number of hydrogen-bond donors (Lipinski definition) is 0. The average Bonchev–Trinajstić information content (AvgIpc) is 3.32. The lowest BCUT2D eigenvalue weighted by Gasteiger charge is -2.34. The van der Waals surface area contributed by atoms with Crippen LogP contribution >= 0.6 is 0 Å². The Hall–Kier alpha value is -1.56. The van der Waals surface area contributed by atoms with Crippen LogP contribution in [0.3, 0.4) is 0 Å². The Labute approximate surface area is 127 Å². The smallest absolute Gasteiger partial charge is 0.381 e. The number of carbonyl (C=O) groups excluding carboxylic acids is 1. The van der Waals surface area contributed by atoms with Gasteiger partial charge in [-0.3, -0.25) is 4.79 Å². The minimum Gasteiger partial charge on any atom is -0.381 e. The van der Waals surface area contributed by atoms with Crippen LogP contribution < -0.4 is 0 Å². The van der Waals surface area contributed by atoms with Crippen molar-refractivity contribution >= 4 is 5.91 Å². The van der Waals surface area contributed by atoms with Gasteiger partial charge in [0.15, 0.2) is 0 Å². The topological polar surface area (TPSA) is 29.5 Å². The fourth-order valence-corrected chi connectivity index (χ4v) is 2.90. The fourth-order valence-electron chi connectivity index (χ4n) is 2.90. The summed E-state index contributed by atoms with van der Waals surface area (Å²) in [6, 6.07) is 4.87. The molecule has 0 atom stereocenters. The SMILES string of the molecule is O=C(c1ccc(C(F)(F)F)cc1)N(C1CCOCC1)C1CC1. The second-order valence-electron chi connectivity index (χ2n) is 5.86. The molecule has 2 fully saturated rings. The lowest BCUT2D eigenvalue weighted by molar-refractivity contribution is -0.137. The van der Waals surface area contributed by atoms with E-state index in [-0.39, 0.29) is 18.0 Å². The van der Waals surface area contributed by atoms with Crippen molar-refractivity contribution < 1.29 is 22.7 Å². The lowest BCUT2D eigenvalue weighted by Crippen LogP contribution is -2.44. The highest BCUT2D eigenvalue weighted by atomic mass is 19.4. The van der Waals surface area contributed by atoms with E-state index in [2.05, 4.69) is 0 Å². The molecule has 1 saturated carbocycles. The Kier molecular flexibility index (Phi) is 4.12. The van der Waals surface area contributed by atoms with Crippen LogP contribution in [0.2, 0.25) is 0 Å². The normalized spacial score (nSPS) is 20.0. The molecule has 22 heavy (non-hydrogen) atoms. The van der Waals surface area contributed by atoms with Crippen LogP contribution in [-0.4, -0.2) is 36.1 Å². The quantitative estimate of drug-likeness (QED) is 0.855. The predicted molar refractivity (Wildman–Crippen MR) is 74.5 cm³/mol. The van der Waals surface area contributed by atoms with E-state index in [0.29, 0.717) is 18.8 Å². The number of alkyl halides is 3. The summed E-state index contributed by atoms with van der Waals surface area (Å²) in [5.74, 6) is -0.164. The molecule has 1 heterocycles. The van der Waals surface area contributed by atoms with Crippen molar-refractivity contribution in [3.63, 3.8) is 0 Å². The van der Waals surface area contributed by atoms with Crippen LogP contribution in [-0.2, 0) is 10.9 Å². The van der Waals surface area contributed by atoms with Gasteiger partial charge in [0.05, 0.1) is 5.56 Å². The molecule has 0 bridgehead atoms. The first kappa shape index (κ1) is 15.3. The molecular formula is C16H18F3NO2. The van der Waals surface area contributed by atoms with Crippen molar-refractivity contribution in [1.29, 1.82) is 0 Å². The monoisotopic (exact) mass is 313 g/mol. The number of hydrogen-bond acceptors (Lipinski definition) is 2. The van der Waals surface area contributed by atoms with E-state index in [1.165, 1.54) is 12.1 Å². The van der Waals surface area contributed by atoms with Gasteiger partial charge in [0.25, 0.3) is 5.91 Å². The van der Waals surface area contributed by atoms with Crippen molar-refractivity contribution in [2.24, 2.45) is 0 Å². The van der Waals surface area contributed by atoms with Crippen LogP contribution in [0.25, 0.3) is 0 Å². The molecular weight excluding hydrogens is 295 g/mol. The van der Waals surface area contributed by atoms with Crippen LogP contribution in [0.4, 0.5) is 13.2 Å². The Morgan fingerprint density at radius 3 is 2.05 bits per heavy atom. The minimum atomic E-state index is -4.38. The highest BCUT2D eigenvalue weighted by Crippen LogP contribution is 2.34. The molecule has 120 valence electrons. The van der Waals surface area contributed by atoms with Gasteiger partial charge in [-0.25, -0.2) is 0 Å². The van der Waals surface area contributed by atoms with Gasteiger partial charge < -0.3 is 9.64 Å². The van der Waals surface area contributed by atoms with E-state index in [4.69, 9.17) is 4.74 Å². The zero-order chi connectivity index (χ0) is 15.7. The Morgan fingerprint density at radius 2 is 1.55 bits per heavy atom. The molecule has 2 aliphatic rings. The largest absolute Gasteiger partial charge is 0.416 e. The van der Waals surface area contributed by atoms with Gasteiger partial charge in [-0.2, -0.15) is 13.2 Å². The summed E-state index contributed by atoms with van der Waals surface area (Å²) < 4.78 is 43.1. The molecule has 1 aromatic carbocycles. The predicted octanol–water partition coefficient (Wildman–Crippen LogP) is 3.49. The van der Waals surface area contributed by atoms with Crippen molar-refractivity contribution in [3.05, 3.63) is 35.4 Å². The van der Waals surface area contributed by atoms with E-state index >= 15 is 0 Å². The summed E-state index contributed by atoms with van der Waals surface area (Å²) in [5, 5.41) is 0. The molecule has 1 saturated heterocycles. The molecule has 1 aliphatic carbocycles. The summed E-state index contributed by atoms with van der Waals surface area (Å²) in [5.41, 5.74) is -0.403. The molecule has 0 radical (unpaired) electrons. The summed E-state index contributed by atoms with van der Waals surface area (Å²) in [4.78, 5) is 14.6. The molecule has 1 aliphatic heterocycles. The first-order valence-electron chi connectivity index (χ1n) is 7.54. The maximum absolute atomic E-state index is 12.7. The molecule has 0 N–H and O–H groups in total. The van der Waals surface area contributed by atoms with E-state index in [1.807, 2.05) is 4.90 Å². The minimum absolute atomic E-state index is 0.135. The molecule has 0 aromatic heterocycles. The number of nitrogens with zero attached hydrogens (tertiary/aromatic N) is 1. The second-order valence-corrected chi connectivity index (χ2v) is 5.86. The van der Waals surface area contributed by atoms with Gasteiger partial charge in [-0.1, -0.05) is 0 Å². The highest BCUT2D eigenvalue weighted by molar-refractivity contribution is 5.95. The molecule has 0 spiro atoms. The molecule has 3 nitrogen and oxygen atoms in total. The van der Waals surface area contributed by atoms with Crippen molar-refractivity contribution in [3.8, 4) is 0 Å². The number of ether oxygens (including phenoxy) is 1.